The maximum atomic E-state index is 11.4. The fourth-order valence-corrected chi connectivity index (χ4v) is 1.55. The van der Waals surface area contributed by atoms with Crippen molar-refractivity contribution < 1.29 is 19.8 Å². The van der Waals surface area contributed by atoms with Crippen LogP contribution in [0, 0.1) is 0 Å². The molecule has 6 heteroatoms. The van der Waals surface area contributed by atoms with Gasteiger partial charge < -0.3 is 20.8 Å². The van der Waals surface area contributed by atoms with Crippen LogP contribution in [0.25, 0.3) is 0 Å². The number of amides is 1. The molecule has 3 atom stereocenters. The maximum Gasteiger partial charge on any atom is 0.326 e. The number of aliphatic carboxylic acids is 1. The summed E-state index contributed by atoms with van der Waals surface area (Å²) in [6.45, 7) is 1.54. The van der Waals surface area contributed by atoms with E-state index in [1.807, 2.05) is 0 Å². The Morgan fingerprint density at radius 2 is 2.14 bits per heavy atom. The highest BCUT2D eigenvalue weighted by molar-refractivity contribution is 5.87. The van der Waals surface area contributed by atoms with Crippen molar-refractivity contribution in [1.82, 2.24) is 4.90 Å². The quantitative estimate of drug-likeness (QED) is 0.499. The van der Waals surface area contributed by atoms with Gasteiger partial charge in [-0.1, -0.05) is 0 Å². The number of hydrogen-bond donors (Lipinski definition) is 3. The van der Waals surface area contributed by atoms with Crippen LogP contribution in [0.3, 0.4) is 0 Å². The summed E-state index contributed by atoms with van der Waals surface area (Å²) in [5.41, 5.74) is 5.36. The fraction of sp³-hybridized carbons (Fsp3) is 0.750. The summed E-state index contributed by atoms with van der Waals surface area (Å²) in [5, 5.41) is 18.0. The first kappa shape index (κ1) is 10.9. The van der Waals surface area contributed by atoms with Gasteiger partial charge in [-0.15, -0.1) is 0 Å². The molecule has 80 valence electrons. The summed E-state index contributed by atoms with van der Waals surface area (Å²) in [5.74, 6) is -1.54. The molecule has 0 aromatic carbocycles. The van der Waals surface area contributed by atoms with Crippen LogP contribution in [0.5, 0.6) is 0 Å². The Bertz CT molecular complexity index is 254. The van der Waals surface area contributed by atoms with E-state index in [1.165, 1.54) is 6.92 Å². The lowest BCUT2D eigenvalue weighted by atomic mass is 10.2. The average Bonchev–Trinajstić information content (AvgIpc) is 2.45. The van der Waals surface area contributed by atoms with Crippen molar-refractivity contribution >= 4 is 11.9 Å². The van der Waals surface area contributed by atoms with Crippen molar-refractivity contribution in [3.8, 4) is 0 Å². The average molecular weight is 202 g/mol. The zero-order valence-corrected chi connectivity index (χ0v) is 7.88. The van der Waals surface area contributed by atoms with Gasteiger partial charge in [0.1, 0.15) is 6.04 Å². The van der Waals surface area contributed by atoms with E-state index in [0.717, 1.165) is 4.90 Å². The van der Waals surface area contributed by atoms with E-state index in [-0.39, 0.29) is 13.0 Å². The molecule has 6 nitrogen and oxygen atoms in total. The van der Waals surface area contributed by atoms with Gasteiger partial charge in [-0.3, -0.25) is 4.79 Å². The van der Waals surface area contributed by atoms with Crippen LogP contribution in [-0.2, 0) is 9.59 Å². The number of carbonyl (C=O) groups excluding carboxylic acids is 1. The van der Waals surface area contributed by atoms with Gasteiger partial charge in [0.25, 0.3) is 0 Å². The highest BCUT2D eigenvalue weighted by Crippen LogP contribution is 2.18. The first-order valence-electron chi connectivity index (χ1n) is 4.40. The topological polar surface area (TPSA) is 104 Å². The number of likely N-dealkylation sites (tertiary alicyclic amines) is 1. The van der Waals surface area contributed by atoms with Gasteiger partial charge in [0.2, 0.25) is 5.91 Å². The standard InChI is InChI=1S/C8H14N2O4/c1-4(9)7(12)10-3-5(11)2-6(10)8(13)14/h4-6,11H,2-3,9H2,1H3,(H,13,14)/t4?,5-,6-/m0/s1. The number of hydrogen-bond acceptors (Lipinski definition) is 4. The zero-order chi connectivity index (χ0) is 10.9. The molecule has 0 spiro atoms. The molecule has 1 amide bonds. The predicted molar refractivity (Wildman–Crippen MR) is 47.4 cm³/mol. The largest absolute Gasteiger partial charge is 0.480 e. The van der Waals surface area contributed by atoms with Crippen molar-refractivity contribution in [3.05, 3.63) is 0 Å². The Balaban J connectivity index is 2.76. The molecule has 1 rings (SSSR count). The summed E-state index contributed by atoms with van der Waals surface area (Å²) >= 11 is 0. The summed E-state index contributed by atoms with van der Waals surface area (Å²) < 4.78 is 0. The first-order chi connectivity index (χ1) is 6.43. The van der Waals surface area contributed by atoms with Crippen LogP contribution in [0.1, 0.15) is 13.3 Å². The van der Waals surface area contributed by atoms with Gasteiger partial charge in [-0.25, -0.2) is 4.79 Å². The molecule has 1 saturated heterocycles. The second-order valence-corrected chi connectivity index (χ2v) is 3.52. The highest BCUT2D eigenvalue weighted by atomic mass is 16.4. The second kappa shape index (κ2) is 3.93. The molecule has 0 radical (unpaired) electrons. The Labute approximate surface area is 81.3 Å². The number of carbonyl (C=O) groups is 2. The van der Waals surface area contributed by atoms with Crippen LogP contribution < -0.4 is 5.73 Å². The van der Waals surface area contributed by atoms with Crippen molar-refractivity contribution in [2.24, 2.45) is 5.73 Å². The lowest BCUT2D eigenvalue weighted by Gasteiger charge is -2.22. The van der Waals surface area contributed by atoms with Gasteiger partial charge in [-0.2, -0.15) is 0 Å². The summed E-state index contributed by atoms with van der Waals surface area (Å²) in [7, 11) is 0. The molecule has 1 aliphatic rings. The predicted octanol–water partition coefficient (Wildman–Crippen LogP) is -1.62. The molecule has 0 aromatic rings. The number of nitrogens with zero attached hydrogens (tertiary/aromatic N) is 1. The lowest BCUT2D eigenvalue weighted by Crippen LogP contribution is -2.47. The molecule has 14 heavy (non-hydrogen) atoms. The molecule has 0 aromatic heterocycles. The molecule has 4 N–H and O–H groups in total. The van der Waals surface area contributed by atoms with E-state index < -0.39 is 30.1 Å². The van der Waals surface area contributed by atoms with Gasteiger partial charge in [0.05, 0.1) is 12.1 Å². The SMILES string of the molecule is CC(N)C(=O)N1C[C@@H](O)C[C@H]1C(=O)O. The minimum absolute atomic E-state index is 0.0529. The zero-order valence-electron chi connectivity index (χ0n) is 7.88. The van der Waals surface area contributed by atoms with Crippen LogP contribution in [0.4, 0.5) is 0 Å². The minimum atomic E-state index is -1.10. The third kappa shape index (κ3) is 2.02. The number of rotatable bonds is 2. The molecule has 0 bridgehead atoms. The second-order valence-electron chi connectivity index (χ2n) is 3.52. The van der Waals surface area contributed by atoms with Crippen molar-refractivity contribution in [2.75, 3.05) is 6.54 Å². The Hall–Kier alpha value is -1.14. The number of aliphatic hydroxyl groups is 1. The maximum absolute atomic E-state index is 11.4. The highest BCUT2D eigenvalue weighted by Gasteiger charge is 2.39. The number of β-amino-alcohol motifs (C(OH)–C–C–N with tert-alkyl or cyclic N) is 1. The monoisotopic (exact) mass is 202 g/mol. The molecule has 0 aliphatic carbocycles. The summed E-state index contributed by atoms with van der Waals surface area (Å²) in [4.78, 5) is 23.3. The van der Waals surface area contributed by atoms with Gasteiger partial charge in [0.15, 0.2) is 0 Å². The number of nitrogens with two attached hydrogens (primary N) is 1. The van der Waals surface area contributed by atoms with Crippen molar-refractivity contribution in [3.63, 3.8) is 0 Å². The molecule has 1 fully saturated rings. The molecule has 0 saturated carbocycles. The normalized spacial score (nSPS) is 28.9. The minimum Gasteiger partial charge on any atom is -0.480 e. The van der Waals surface area contributed by atoms with E-state index in [9.17, 15) is 14.7 Å². The molecule has 1 aliphatic heterocycles. The Kier molecular flexibility index (Phi) is 3.07. The van der Waals surface area contributed by atoms with Crippen molar-refractivity contribution in [1.29, 1.82) is 0 Å². The first-order valence-corrected chi connectivity index (χ1v) is 4.40. The fourth-order valence-electron chi connectivity index (χ4n) is 1.55. The van der Waals surface area contributed by atoms with E-state index in [0.29, 0.717) is 0 Å². The number of carboxylic acids is 1. The van der Waals surface area contributed by atoms with E-state index >= 15 is 0 Å². The summed E-state index contributed by atoms with van der Waals surface area (Å²) in [6.07, 6.45) is -0.688. The Morgan fingerprint density at radius 1 is 1.57 bits per heavy atom. The van der Waals surface area contributed by atoms with Crippen LogP contribution in [0.2, 0.25) is 0 Å². The van der Waals surface area contributed by atoms with Crippen molar-refractivity contribution in [2.45, 2.75) is 31.5 Å². The van der Waals surface area contributed by atoms with Gasteiger partial charge in [-0.05, 0) is 6.92 Å². The molecule has 1 heterocycles. The molecule has 1 unspecified atom stereocenters. The smallest absolute Gasteiger partial charge is 0.326 e. The van der Waals surface area contributed by atoms with Gasteiger partial charge >= 0.3 is 5.97 Å². The van der Waals surface area contributed by atoms with Crippen LogP contribution in [0.15, 0.2) is 0 Å². The van der Waals surface area contributed by atoms with E-state index in [2.05, 4.69) is 0 Å². The van der Waals surface area contributed by atoms with E-state index in [1.54, 1.807) is 0 Å². The van der Waals surface area contributed by atoms with Crippen LogP contribution >= 0.6 is 0 Å². The number of aliphatic hydroxyl groups excluding tert-OH is 1. The third-order valence-corrected chi connectivity index (χ3v) is 2.24. The van der Waals surface area contributed by atoms with Crippen LogP contribution in [-0.4, -0.2) is 51.7 Å². The molecular formula is C8H14N2O4. The third-order valence-electron chi connectivity index (χ3n) is 2.24. The number of carboxylic acid groups (broad SMARTS) is 1. The lowest BCUT2D eigenvalue weighted by molar-refractivity contribution is -0.148. The van der Waals surface area contributed by atoms with E-state index in [4.69, 9.17) is 10.8 Å². The summed E-state index contributed by atoms with van der Waals surface area (Å²) in [6, 6.07) is -1.68. The Morgan fingerprint density at radius 3 is 2.57 bits per heavy atom. The molecular weight excluding hydrogens is 188 g/mol. The van der Waals surface area contributed by atoms with Gasteiger partial charge in [0, 0.05) is 13.0 Å².